The topological polar surface area (TPSA) is 147 Å². The number of ether oxygens (including phenoxy) is 1. The first-order valence-corrected chi connectivity index (χ1v) is 10.3. The Morgan fingerprint density at radius 2 is 2.03 bits per heavy atom. The number of aromatic amines is 1. The summed E-state index contributed by atoms with van der Waals surface area (Å²) in [5.41, 5.74) is 0.733. The van der Waals surface area contributed by atoms with Crippen LogP contribution in [0.15, 0.2) is 15.6 Å². The molecule has 2 fully saturated rings. The molecular weight excluding hydrogens is 430 g/mol. The molecule has 2 amide bonds. The minimum absolute atomic E-state index is 0.0676. The summed E-state index contributed by atoms with van der Waals surface area (Å²) >= 11 is 6.04. The lowest BCUT2D eigenvalue weighted by atomic mass is 10.0. The monoisotopic (exact) mass is 451 g/mol. The quantitative estimate of drug-likeness (QED) is 0.686. The number of carbonyl (C=O) groups excluding carboxylic acids is 2. The first kappa shape index (κ1) is 21.1. The van der Waals surface area contributed by atoms with Gasteiger partial charge < -0.3 is 19.9 Å². The van der Waals surface area contributed by atoms with Gasteiger partial charge in [-0.05, 0) is 24.9 Å². The van der Waals surface area contributed by atoms with Crippen molar-refractivity contribution < 1.29 is 19.0 Å². The number of aromatic nitrogens is 4. The lowest BCUT2D eigenvalue weighted by molar-refractivity contribution is 0.0682. The van der Waals surface area contributed by atoms with Gasteiger partial charge in [0.25, 0.3) is 11.5 Å². The Kier molecular flexibility index (Phi) is 6.07. The number of hydrogen-bond donors (Lipinski definition) is 2. The molecule has 0 spiro atoms. The van der Waals surface area contributed by atoms with E-state index >= 15 is 0 Å². The molecule has 2 aliphatic rings. The molecule has 2 aromatic rings. The molecule has 2 aliphatic heterocycles. The number of nitrogens with one attached hydrogen (secondary N) is 2. The number of nitrogens with zero attached hydrogens (tertiary/aromatic N) is 5. The van der Waals surface area contributed by atoms with E-state index in [0.29, 0.717) is 56.8 Å². The number of amides is 2. The second-order valence-corrected chi connectivity index (χ2v) is 7.95. The van der Waals surface area contributed by atoms with E-state index in [0.717, 1.165) is 0 Å². The molecular formula is C18H22ClN7O5. The fourth-order valence-electron chi connectivity index (χ4n) is 3.79. The summed E-state index contributed by atoms with van der Waals surface area (Å²) in [7, 11) is 0. The third-order valence-electron chi connectivity index (χ3n) is 5.50. The maximum absolute atomic E-state index is 12.4. The summed E-state index contributed by atoms with van der Waals surface area (Å²) in [5.74, 6) is -0.223. The Labute approximate surface area is 181 Å². The van der Waals surface area contributed by atoms with Crippen LogP contribution in [0.3, 0.4) is 0 Å². The number of alkyl carbamates (subject to hydrolysis) is 1. The van der Waals surface area contributed by atoms with E-state index in [1.54, 1.807) is 11.8 Å². The molecule has 13 heteroatoms. The number of H-pyrrole nitrogens is 1. The van der Waals surface area contributed by atoms with Crippen LogP contribution in [0.1, 0.15) is 35.4 Å². The zero-order chi connectivity index (χ0) is 22.0. The molecule has 0 unspecified atom stereocenters. The lowest BCUT2D eigenvalue weighted by Crippen LogP contribution is -2.47. The SMILES string of the molecule is Cc1nonc1C(=O)N1CCC(NC(=O)O[C@@H]2CCN(c3cn[nH]c(=O)c3Cl)C2)CC1. The zero-order valence-corrected chi connectivity index (χ0v) is 17.6. The zero-order valence-electron chi connectivity index (χ0n) is 16.8. The number of anilines is 1. The average Bonchev–Trinajstić information content (AvgIpc) is 3.39. The Morgan fingerprint density at radius 1 is 1.26 bits per heavy atom. The summed E-state index contributed by atoms with van der Waals surface area (Å²) in [6.07, 6.45) is 2.50. The number of likely N-dealkylation sites (tertiary alicyclic amines) is 1. The van der Waals surface area contributed by atoms with Gasteiger partial charge >= 0.3 is 6.09 Å². The van der Waals surface area contributed by atoms with Gasteiger partial charge in [-0.2, -0.15) is 5.10 Å². The number of piperidine rings is 1. The van der Waals surface area contributed by atoms with Crippen LogP contribution in [0.25, 0.3) is 0 Å². The van der Waals surface area contributed by atoms with Crippen molar-refractivity contribution in [3.05, 3.63) is 33.0 Å². The smallest absolute Gasteiger partial charge is 0.407 e. The molecule has 2 N–H and O–H groups in total. The normalized spacial score (nSPS) is 19.5. The largest absolute Gasteiger partial charge is 0.444 e. The minimum Gasteiger partial charge on any atom is -0.444 e. The highest BCUT2D eigenvalue weighted by molar-refractivity contribution is 6.33. The van der Waals surface area contributed by atoms with Gasteiger partial charge in [0.1, 0.15) is 16.8 Å². The molecule has 1 atom stereocenters. The van der Waals surface area contributed by atoms with E-state index in [9.17, 15) is 14.4 Å². The minimum atomic E-state index is -0.497. The Bertz CT molecular complexity index is 1020. The van der Waals surface area contributed by atoms with E-state index in [1.165, 1.54) is 6.20 Å². The van der Waals surface area contributed by atoms with Crippen molar-refractivity contribution in [2.24, 2.45) is 0 Å². The molecule has 0 aliphatic carbocycles. The van der Waals surface area contributed by atoms with Crippen molar-refractivity contribution in [3.8, 4) is 0 Å². The van der Waals surface area contributed by atoms with Gasteiger partial charge in [0.15, 0.2) is 5.69 Å². The van der Waals surface area contributed by atoms with Crippen LogP contribution in [0.4, 0.5) is 10.5 Å². The first-order valence-electron chi connectivity index (χ1n) is 9.96. The summed E-state index contributed by atoms with van der Waals surface area (Å²) < 4.78 is 10.1. The van der Waals surface area contributed by atoms with E-state index in [1.807, 2.05) is 4.90 Å². The molecule has 166 valence electrons. The molecule has 0 aromatic carbocycles. The molecule has 2 aromatic heterocycles. The summed E-state index contributed by atoms with van der Waals surface area (Å²) in [6.45, 7) is 3.66. The second-order valence-electron chi connectivity index (χ2n) is 7.57. The van der Waals surface area contributed by atoms with Crippen LogP contribution >= 0.6 is 11.6 Å². The Morgan fingerprint density at radius 3 is 2.74 bits per heavy atom. The van der Waals surface area contributed by atoms with Gasteiger partial charge in [-0.3, -0.25) is 9.59 Å². The van der Waals surface area contributed by atoms with Crippen LogP contribution in [-0.4, -0.2) is 75.7 Å². The van der Waals surface area contributed by atoms with E-state index in [4.69, 9.17) is 16.3 Å². The Balaban J connectivity index is 1.23. The van der Waals surface area contributed by atoms with Crippen LogP contribution in [0, 0.1) is 6.92 Å². The van der Waals surface area contributed by atoms with Crippen molar-refractivity contribution in [1.29, 1.82) is 0 Å². The molecule has 0 bridgehead atoms. The molecule has 0 saturated carbocycles. The molecule has 2 saturated heterocycles. The van der Waals surface area contributed by atoms with Crippen molar-refractivity contribution in [2.75, 3.05) is 31.1 Å². The standard InChI is InChI=1S/C18H22ClN7O5/c1-10-15(24-31-23-10)17(28)25-5-2-11(3-6-25)21-18(29)30-12-4-7-26(9-12)13-8-20-22-16(27)14(13)19/h8,11-12H,2-7,9H2,1H3,(H,21,29)(H,22,27)/t12-/m1/s1. The summed E-state index contributed by atoms with van der Waals surface area (Å²) in [5, 5.41) is 16.3. The van der Waals surface area contributed by atoms with Gasteiger partial charge in [-0.25, -0.2) is 14.5 Å². The third-order valence-corrected chi connectivity index (χ3v) is 5.86. The second kappa shape index (κ2) is 8.92. The molecule has 4 heterocycles. The summed E-state index contributed by atoms with van der Waals surface area (Å²) in [4.78, 5) is 39.9. The molecule has 4 rings (SSSR count). The van der Waals surface area contributed by atoms with Gasteiger partial charge in [0, 0.05) is 32.1 Å². The third kappa shape index (κ3) is 4.63. The van der Waals surface area contributed by atoms with Gasteiger partial charge in [-0.1, -0.05) is 16.8 Å². The molecule has 31 heavy (non-hydrogen) atoms. The number of aryl methyl sites for hydroxylation is 1. The highest BCUT2D eigenvalue weighted by atomic mass is 35.5. The van der Waals surface area contributed by atoms with E-state index in [2.05, 4.69) is 30.5 Å². The number of hydrogen-bond acceptors (Lipinski definition) is 9. The van der Waals surface area contributed by atoms with Gasteiger partial charge in [-0.15, -0.1) is 0 Å². The van der Waals surface area contributed by atoms with Crippen molar-refractivity contribution in [2.45, 2.75) is 38.3 Å². The van der Waals surface area contributed by atoms with Crippen LogP contribution in [0.2, 0.25) is 5.02 Å². The highest BCUT2D eigenvalue weighted by Gasteiger charge is 2.30. The first-order chi connectivity index (χ1) is 14.9. The van der Waals surface area contributed by atoms with Crippen molar-refractivity contribution >= 4 is 29.3 Å². The van der Waals surface area contributed by atoms with Crippen LogP contribution in [-0.2, 0) is 4.74 Å². The average molecular weight is 452 g/mol. The fraction of sp³-hybridized carbons (Fsp3) is 0.556. The molecule has 0 radical (unpaired) electrons. The highest BCUT2D eigenvalue weighted by Crippen LogP contribution is 2.26. The van der Waals surface area contributed by atoms with E-state index < -0.39 is 11.7 Å². The van der Waals surface area contributed by atoms with Crippen molar-refractivity contribution in [3.63, 3.8) is 0 Å². The maximum atomic E-state index is 12.4. The maximum Gasteiger partial charge on any atom is 0.407 e. The van der Waals surface area contributed by atoms with Gasteiger partial charge in [0.05, 0.1) is 18.4 Å². The number of carbonyl (C=O) groups is 2. The van der Waals surface area contributed by atoms with E-state index in [-0.39, 0.29) is 28.8 Å². The summed E-state index contributed by atoms with van der Waals surface area (Å²) in [6, 6.07) is -0.0862. The fourth-order valence-corrected chi connectivity index (χ4v) is 4.00. The Hall–Kier alpha value is -3.15. The number of halogens is 1. The lowest BCUT2D eigenvalue weighted by Gasteiger charge is -2.31. The predicted molar refractivity (Wildman–Crippen MR) is 108 cm³/mol. The van der Waals surface area contributed by atoms with Gasteiger partial charge in [0.2, 0.25) is 0 Å². The predicted octanol–water partition coefficient (Wildman–Crippen LogP) is 0.724. The van der Waals surface area contributed by atoms with Crippen molar-refractivity contribution in [1.82, 2.24) is 30.7 Å². The van der Waals surface area contributed by atoms with Crippen LogP contribution in [0.5, 0.6) is 0 Å². The van der Waals surface area contributed by atoms with Crippen LogP contribution < -0.4 is 15.8 Å². The molecule has 12 nitrogen and oxygen atoms in total. The number of rotatable bonds is 4.